The van der Waals surface area contributed by atoms with Crippen LogP contribution >= 0.6 is 24.8 Å². The number of nitriles is 1. The summed E-state index contributed by atoms with van der Waals surface area (Å²) in [6.45, 7) is 4.38. The van der Waals surface area contributed by atoms with E-state index in [0.29, 0.717) is 5.92 Å². The number of pyridine rings is 1. The van der Waals surface area contributed by atoms with Crippen LogP contribution in [0.25, 0.3) is 0 Å². The van der Waals surface area contributed by atoms with Gasteiger partial charge in [0.2, 0.25) is 0 Å². The third-order valence-electron chi connectivity index (χ3n) is 2.99. The van der Waals surface area contributed by atoms with Crippen molar-refractivity contribution in [1.82, 2.24) is 4.98 Å². The van der Waals surface area contributed by atoms with Gasteiger partial charge in [-0.25, -0.2) is 0 Å². The molecule has 0 amide bonds. The molecule has 0 saturated carbocycles. The Kier molecular flexibility index (Phi) is 12.3. The van der Waals surface area contributed by atoms with E-state index in [-0.39, 0.29) is 24.8 Å². The SMILES string of the molecule is CCCCCC(CC)c1ncccc1C#N.Cl.Cl. The van der Waals surface area contributed by atoms with Crippen LogP contribution in [0, 0.1) is 11.3 Å². The minimum Gasteiger partial charge on any atom is -0.260 e. The second kappa shape index (κ2) is 11.3. The summed E-state index contributed by atoms with van der Waals surface area (Å²) in [6.07, 6.45) is 7.75. The van der Waals surface area contributed by atoms with Crippen molar-refractivity contribution in [3.05, 3.63) is 29.6 Å². The molecule has 1 rings (SSSR count). The van der Waals surface area contributed by atoms with Crippen molar-refractivity contribution in [2.45, 2.75) is 51.9 Å². The largest absolute Gasteiger partial charge is 0.260 e. The molecule has 0 aliphatic rings. The van der Waals surface area contributed by atoms with Crippen molar-refractivity contribution in [3.63, 3.8) is 0 Å². The Labute approximate surface area is 123 Å². The molecule has 0 aliphatic heterocycles. The summed E-state index contributed by atoms with van der Waals surface area (Å²) >= 11 is 0. The molecule has 102 valence electrons. The van der Waals surface area contributed by atoms with Gasteiger partial charge >= 0.3 is 0 Å². The predicted octanol–water partition coefficient (Wildman–Crippen LogP) is 4.87. The molecule has 1 atom stereocenters. The van der Waals surface area contributed by atoms with E-state index in [2.05, 4.69) is 24.9 Å². The van der Waals surface area contributed by atoms with Crippen LogP contribution in [0.3, 0.4) is 0 Å². The third kappa shape index (κ3) is 5.71. The van der Waals surface area contributed by atoms with Crippen molar-refractivity contribution in [1.29, 1.82) is 5.26 Å². The van der Waals surface area contributed by atoms with Gasteiger partial charge < -0.3 is 0 Å². The van der Waals surface area contributed by atoms with Gasteiger partial charge in [-0.1, -0.05) is 33.1 Å². The van der Waals surface area contributed by atoms with E-state index in [0.717, 1.165) is 24.1 Å². The number of rotatable bonds is 6. The highest BCUT2D eigenvalue weighted by atomic mass is 35.5. The van der Waals surface area contributed by atoms with Gasteiger partial charge in [-0.2, -0.15) is 5.26 Å². The minimum absolute atomic E-state index is 0. The molecule has 0 spiro atoms. The highest BCUT2D eigenvalue weighted by Crippen LogP contribution is 2.26. The summed E-state index contributed by atoms with van der Waals surface area (Å²) in [5.74, 6) is 0.447. The van der Waals surface area contributed by atoms with Gasteiger partial charge in [0.15, 0.2) is 0 Å². The van der Waals surface area contributed by atoms with Crippen LogP contribution in [-0.2, 0) is 0 Å². The van der Waals surface area contributed by atoms with E-state index in [1.54, 1.807) is 6.20 Å². The number of hydrogen-bond donors (Lipinski definition) is 0. The number of unbranched alkanes of at least 4 members (excludes halogenated alkanes) is 2. The van der Waals surface area contributed by atoms with Gasteiger partial charge in [-0.15, -0.1) is 24.8 Å². The van der Waals surface area contributed by atoms with Gasteiger partial charge in [0.1, 0.15) is 6.07 Å². The number of hydrogen-bond acceptors (Lipinski definition) is 2. The normalized spacial score (nSPS) is 10.7. The maximum absolute atomic E-state index is 9.04. The molecule has 1 heterocycles. The first-order valence-corrected chi connectivity index (χ1v) is 6.18. The molecule has 1 aromatic heterocycles. The molecule has 1 unspecified atom stereocenters. The van der Waals surface area contributed by atoms with Gasteiger partial charge in [0.05, 0.1) is 11.3 Å². The first kappa shape index (κ1) is 19.6. The summed E-state index contributed by atoms with van der Waals surface area (Å²) in [6, 6.07) is 5.94. The van der Waals surface area contributed by atoms with Crippen molar-refractivity contribution >= 4 is 24.8 Å². The van der Waals surface area contributed by atoms with Crippen LogP contribution in [0.5, 0.6) is 0 Å². The third-order valence-corrected chi connectivity index (χ3v) is 2.99. The monoisotopic (exact) mass is 288 g/mol. The zero-order valence-corrected chi connectivity index (χ0v) is 12.7. The van der Waals surface area contributed by atoms with Gasteiger partial charge in [-0.05, 0) is 25.0 Å². The highest BCUT2D eigenvalue weighted by molar-refractivity contribution is 5.85. The fourth-order valence-corrected chi connectivity index (χ4v) is 2.01. The molecule has 0 N–H and O–H groups in total. The lowest BCUT2D eigenvalue weighted by Gasteiger charge is -2.14. The Balaban J connectivity index is 0. The van der Waals surface area contributed by atoms with Crippen molar-refractivity contribution in [3.8, 4) is 6.07 Å². The zero-order chi connectivity index (χ0) is 11.8. The van der Waals surface area contributed by atoms with E-state index in [1.165, 1.54) is 19.3 Å². The Morgan fingerprint density at radius 3 is 2.56 bits per heavy atom. The van der Waals surface area contributed by atoms with E-state index in [9.17, 15) is 0 Å². The van der Waals surface area contributed by atoms with Crippen LogP contribution in [0.2, 0.25) is 0 Å². The lowest BCUT2D eigenvalue weighted by atomic mass is 9.92. The average molecular weight is 289 g/mol. The van der Waals surface area contributed by atoms with Crippen LogP contribution in [0.15, 0.2) is 18.3 Å². The topological polar surface area (TPSA) is 36.7 Å². The second-order valence-corrected chi connectivity index (χ2v) is 4.15. The minimum atomic E-state index is 0. The Bertz CT molecular complexity index is 361. The molecule has 1 aromatic rings. The molecule has 0 radical (unpaired) electrons. The summed E-state index contributed by atoms with van der Waals surface area (Å²) < 4.78 is 0. The zero-order valence-electron chi connectivity index (χ0n) is 11.1. The van der Waals surface area contributed by atoms with Gasteiger partial charge in [-0.3, -0.25) is 4.98 Å². The first-order chi connectivity index (χ1) is 7.83. The molecule has 0 aliphatic carbocycles. The predicted molar refractivity (Wildman–Crippen MR) is 80.6 cm³/mol. The van der Waals surface area contributed by atoms with E-state index >= 15 is 0 Å². The van der Waals surface area contributed by atoms with E-state index in [4.69, 9.17) is 5.26 Å². The fraction of sp³-hybridized carbons (Fsp3) is 0.571. The Hall–Kier alpha value is -0.780. The van der Waals surface area contributed by atoms with Crippen molar-refractivity contribution < 1.29 is 0 Å². The lowest BCUT2D eigenvalue weighted by molar-refractivity contribution is 0.542. The van der Waals surface area contributed by atoms with E-state index < -0.39 is 0 Å². The molecule has 0 aromatic carbocycles. The van der Waals surface area contributed by atoms with Crippen molar-refractivity contribution in [2.24, 2.45) is 0 Å². The Morgan fingerprint density at radius 2 is 2.00 bits per heavy atom. The Morgan fingerprint density at radius 1 is 1.28 bits per heavy atom. The molecule has 0 saturated heterocycles. The van der Waals surface area contributed by atoms with Crippen LogP contribution in [-0.4, -0.2) is 4.98 Å². The first-order valence-electron chi connectivity index (χ1n) is 6.18. The highest BCUT2D eigenvalue weighted by Gasteiger charge is 2.14. The summed E-state index contributed by atoms with van der Waals surface area (Å²) in [7, 11) is 0. The smallest absolute Gasteiger partial charge is 0.101 e. The number of nitrogens with zero attached hydrogens (tertiary/aromatic N) is 2. The number of halogens is 2. The molecule has 4 heteroatoms. The summed E-state index contributed by atoms with van der Waals surface area (Å²) in [5.41, 5.74) is 1.73. The molecule has 0 bridgehead atoms. The second-order valence-electron chi connectivity index (χ2n) is 4.15. The summed E-state index contributed by atoms with van der Waals surface area (Å²) in [5, 5.41) is 9.04. The van der Waals surface area contributed by atoms with Gasteiger partial charge in [0.25, 0.3) is 0 Å². The maximum atomic E-state index is 9.04. The molecule has 2 nitrogen and oxygen atoms in total. The molecule has 18 heavy (non-hydrogen) atoms. The maximum Gasteiger partial charge on any atom is 0.101 e. The van der Waals surface area contributed by atoms with E-state index in [1.807, 2.05) is 12.1 Å². The average Bonchev–Trinajstić information content (AvgIpc) is 2.35. The van der Waals surface area contributed by atoms with Crippen LogP contribution < -0.4 is 0 Å². The fourth-order valence-electron chi connectivity index (χ4n) is 2.01. The summed E-state index contributed by atoms with van der Waals surface area (Å²) in [4.78, 5) is 4.38. The number of aromatic nitrogens is 1. The van der Waals surface area contributed by atoms with Crippen LogP contribution in [0.1, 0.15) is 63.1 Å². The van der Waals surface area contributed by atoms with Gasteiger partial charge in [0, 0.05) is 12.1 Å². The van der Waals surface area contributed by atoms with Crippen LogP contribution in [0.4, 0.5) is 0 Å². The lowest BCUT2D eigenvalue weighted by Crippen LogP contribution is -2.03. The molecule has 0 fully saturated rings. The quantitative estimate of drug-likeness (QED) is 0.700. The molecular weight excluding hydrogens is 267 g/mol. The van der Waals surface area contributed by atoms with Crippen molar-refractivity contribution in [2.75, 3.05) is 0 Å². The standard InChI is InChI=1S/C14H20N2.2ClH/c1-3-5-6-8-12(4-2)14-13(11-15)9-7-10-16-14;;/h7,9-10,12H,3-6,8H2,1-2H3;2*1H. The molecular formula is C14H22Cl2N2.